The third-order valence-electron chi connectivity index (χ3n) is 8.17. The molecule has 2 N–H and O–H groups in total. The SMILES string of the molecule is COC(=O)C/C=C/[C@H](C)[C@@H](NC(=O)[C@H](Cc1ccccc1)NC(=O)OCC1c2ccccc2-c2ccccc21)c1ccccc1. The van der Waals surface area contributed by atoms with Crippen molar-refractivity contribution in [3.63, 3.8) is 0 Å². The summed E-state index contributed by atoms with van der Waals surface area (Å²) in [7, 11) is 1.35. The molecule has 0 aliphatic heterocycles. The lowest BCUT2D eigenvalue weighted by molar-refractivity contribution is -0.139. The van der Waals surface area contributed by atoms with Gasteiger partial charge >= 0.3 is 12.1 Å². The van der Waals surface area contributed by atoms with E-state index in [4.69, 9.17) is 9.47 Å². The minimum atomic E-state index is -0.888. The van der Waals surface area contributed by atoms with E-state index in [0.717, 1.165) is 33.4 Å². The maximum Gasteiger partial charge on any atom is 0.407 e. The van der Waals surface area contributed by atoms with Gasteiger partial charge < -0.3 is 20.1 Å². The van der Waals surface area contributed by atoms with Crippen molar-refractivity contribution in [2.75, 3.05) is 13.7 Å². The number of ether oxygens (including phenoxy) is 2. The summed E-state index contributed by atoms with van der Waals surface area (Å²) < 4.78 is 10.5. The Labute approximate surface area is 264 Å². The summed E-state index contributed by atoms with van der Waals surface area (Å²) in [6.07, 6.45) is 3.39. The van der Waals surface area contributed by atoms with Crippen LogP contribution in [0.3, 0.4) is 0 Å². The van der Waals surface area contributed by atoms with Crippen LogP contribution in [0.2, 0.25) is 0 Å². The molecule has 0 radical (unpaired) electrons. The normalized spacial score (nSPS) is 14.1. The van der Waals surface area contributed by atoms with Crippen LogP contribution >= 0.6 is 0 Å². The number of amides is 2. The molecule has 0 fully saturated rings. The fourth-order valence-corrected chi connectivity index (χ4v) is 5.85. The zero-order chi connectivity index (χ0) is 31.6. The highest BCUT2D eigenvalue weighted by Crippen LogP contribution is 2.44. The monoisotopic (exact) mass is 602 g/mol. The highest BCUT2D eigenvalue weighted by molar-refractivity contribution is 5.86. The summed E-state index contributed by atoms with van der Waals surface area (Å²) in [5.41, 5.74) is 6.32. The van der Waals surface area contributed by atoms with Gasteiger partial charge in [-0.15, -0.1) is 0 Å². The first-order valence-corrected chi connectivity index (χ1v) is 15.2. The number of hydrogen-bond donors (Lipinski definition) is 2. The van der Waals surface area contributed by atoms with Crippen molar-refractivity contribution in [3.8, 4) is 11.1 Å². The molecule has 0 heterocycles. The van der Waals surface area contributed by atoms with Crippen LogP contribution < -0.4 is 10.6 Å². The third-order valence-corrected chi connectivity index (χ3v) is 8.17. The molecule has 0 aromatic heterocycles. The summed E-state index contributed by atoms with van der Waals surface area (Å²) in [5, 5.41) is 6.00. The zero-order valence-electron chi connectivity index (χ0n) is 25.5. The Morgan fingerprint density at radius 2 is 1.36 bits per heavy atom. The lowest BCUT2D eigenvalue weighted by Gasteiger charge is -2.27. The average molecular weight is 603 g/mol. The van der Waals surface area contributed by atoms with E-state index in [0.29, 0.717) is 0 Å². The Kier molecular flexibility index (Phi) is 10.4. The van der Waals surface area contributed by atoms with Crippen molar-refractivity contribution in [2.24, 2.45) is 5.92 Å². The molecular weight excluding hydrogens is 564 g/mol. The van der Waals surface area contributed by atoms with Crippen LogP contribution in [0.5, 0.6) is 0 Å². The van der Waals surface area contributed by atoms with Gasteiger partial charge in [0, 0.05) is 12.3 Å². The smallest absolute Gasteiger partial charge is 0.407 e. The number of nitrogens with one attached hydrogen (secondary N) is 2. The lowest BCUT2D eigenvalue weighted by atomic mass is 9.93. The van der Waals surface area contributed by atoms with Crippen LogP contribution in [-0.2, 0) is 25.5 Å². The van der Waals surface area contributed by atoms with E-state index < -0.39 is 18.2 Å². The third kappa shape index (κ3) is 7.87. The van der Waals surface area contributed by atoms with Crippen molar-refractivity contribution in [1.29, 1.82) is 0 Å². The highest BCUT2D eigenvalue weighted by Gasteiger charge is 2.31. The molecule has 230 valence electrons. The van der Waals surface area contributed by atoms with E-state index in [9.17, 15) is 14.4 Å². The Balaban J connectivity index is 1.32. The number of hydrogen-bond acceptors (Lipinski definition) is 5. The molecule has 45 heavy (non-hydrogen) atoms. The number of fused-ring (bicyclic) bond motifs is 3. The number of benzene rings is 4. The van der Waals surface area contributed by atoms with Gasteiger partial charge in [0.1, 0.15) is 12.6 Å². The van der Waals surface area contributed by atoms with Gasteiger partial charge in [0.15, 0.2) is 0 Å². The molecule has 0 saturated carbocycles. The zero-order valence-corrected chi connectivity index (χ0v) is 25.5. The van der Waals surface area contributed by atoms with E-state index in [2.05, 4.69) is 34.9 Å². The van der Waals surface area contributed by atoms with E-state index >= 15 is 0 Å². The lowest BCUT2D eigenvalue weighted by Crippen LogP contribution is -2.49. The van der Waals surface area contributed by atoms with Crippen molar-refractivity contribution in [2.45, 2.75) is 37.8 Å². The van der Waals surface area contributed by atoms with E-state index in [-0.39, 0.29) is 43.2 Å². The molecular formula is C38H38N2O5. The predicted octanol–water partition coefficient (Wildman–Crippen LogP) is 6.75. The van der Waals surface area contributed by atoms with Crippen molar-refractivity contribution in [3.05, 3.63) is 144 Å². The van der Waals surface area contributed by atoms with Gasteiger partial charge in [0.05, 0.1) is 19.6 Å². The van der Waals surface area contributed by atoms with Gasteiger partial charge in [-0.3, -0.25) is 9.59 Å². The van der Waals surface area contributed by atoms with Crippen LogP contribution in [0.15, 0.2) is 121 Å². The van der Waals surface area contributed by atoms with Gasteiger partial charge in [-0.05, 0) is 39.3 Å². The largest absolute Gasteiger partial charge is 0.469 e. The summed E-state index contributed by atoms with van der Waals surface area (Å²) in [6, 6.07) is 34.2. The summed E-state index contributed by atoms with van der Waals surface area (Å²) in [6.45, 7) is 2.12. The Morgan fingerprint density at radius 3 is 1.98 bits per heavy atom. The van der Waals surface area contributed by atoms with E-state index in [1.807, 2.05) is 97.9 Å². The average Bonchev–Trinajstić information content (AvgIpc) is 3.40. The minimum Gasteiger partial charge on any atom is -0.469 e. The van der Waals surface area contributed by atoms with Crippen LogP contribution in [0.25, 0.3) is 11.1 Å². The second-order valence-corrected chi connectivity index (χ2v) is 11.2. The minimum absolute atomic E-state index is 0.0929. The Hall–Kier alpha value is -5.17. The number of rotatable bonds is 12. The number of esters is 1. The maximum absolute atomic E-state index is 13.9. The summed E-state index contributed by atoms with van der Waals surface area (Å²) in [5.74, 6) is -0.930. The molecule has 1 aliphatic rings. The second kappa shape index (κ2) is 15.0. The molecule has 3 atom stereocenters. The van der Waals surface area contributed by atoms with Gasteiger partial charge in [-0.2, -0.15) is 0 Å². The van der Waals surface area contributed by atoms with Crippen LogP contribution in [-0.4, -0.2) is 37.7 Å². The quantitative estimate of drug-likeness (QED) is 0.138. The topological polar surface area (TPSA) is 93.7 Å². The van der Waals surface area contributed by atoms with Crippen LogP contribution in [0.4, 0.5) is 4.79 Å². The first-order valence-electron chi connectivity index (χ1n) is 15.2. The maximum atomic E-state index is 13.9. The number of carbonyl (C=O) groups excluding carboxylic acids is 3. The second-order valence-electron chi connectivity index (χ2n) is 11.2. The molecule has 1 aliphatic carbocycles. The number of carbonyl (C=O) groups is 3. The van der Waals surface area contributed by atoms with Gasteiger partial charge in [0.2, 0.25) is 5.91 Å². The van der Waals surface area contributed by atoms with E-state index in [1.54, 1.807) is 6.08 Å². The number of methoxy groups -OCH3 is 1. The molecule has 0 unspecified atom stereocenters. The van der Waals surface area contributed by atoms with Gasteiger partial charge in [0.25, 0.3) is 0 Å². The van der Waals surface area contributed by atoms with Crippen molar-refractivity contribution < 1.29 is 23.9 Å². The molecule has 0 spiro atoms. The molecule has 4 aromatic carbocycles. The first-order chi connectivity index (χ1) is 21.9. The van der Waals surface area contributed by atoms with Crippen molar-refractivity contribution >= 4 is 18.0 Å². The van der Waals surface area contributed by atoms with Crippen molar-refractivity contribution in [1.82, 2.24) is 10.6 Å². The Bertz CT molecular complexity index is 1590. The molecule has 2 amide bonds. The van der Waals surface area contributed by atoms with Gasteiger partial charge in [-0.25, -0.2) is 4.79 Å². The highest BCUT2D eigenvalue weighted by atomic mass is 16.5. The molecule has 7 nitrogen and oxygen atoms in total. The molecule has 0 bridgehead atoms. The molecule has 0 saturated heterocycles. The summed E-state index contributed by atoms with van der Waals surface area (Å²) in [4.78, 5) is 38.8. The fourth-order valence-electron chi connectivity index (χ4n) is 5.85. The standard InChI is InChI=1S/C38H38N2O5/c1-26(14-13-23-35(41)44-2)36(28-17-7-4-8-18-28)40-37(42)34(24-27-15-5-3-6-16-27)39-38(43)45-25-33-31-21-11-9-19-29(31)30-20-10-12-22-32(30)33/h3-22,26,33-34,36H,23-25H2,1-2H3,(H,39,43)(H,40,42)/b14-13+/t26-,34-,36+/m0/s1. The molecule has 7 heteroatoms. The van der Waals surface area contributed by atoms with E-state index in [1.165, 1.54) is 7.11 Å². The van der Waals surface area contributed by atoms with Gasteiger partial charge in [-0.1, -0.05) is 128 Å². The Morgan fingerprint density at radius 1 is 0.778 bits per heavy atom. The number of alkyl carbamates (subject to hydrolysis) is 1. The summed E-state index contributed by atoms with van der Waals surface area (Å²) >= 11 is 0. The molecule has 5 rings (SSSR count). The first kappa shape index (κ1) is 31.3. The van der Waals surface area contributed by atoms with Crippen LogP contribution in [0, 0.1) is 5.92 Å². The molecule has 4 aromatic rings. The van der Waals surface area contributed by atoms with Crippen LogP contribution in [0.1, 0.15) is 47.6 Å². The fraction of sp³-hybridized carbons (Fsp3) is 0.237. The predicted molar refractivity (Wildman–Crippen MR) is 174 cm³/mol.